The number of pyridine rings is 1. The van der Waals surface area contributed by atoms with E-state index < -0.39 is 0 Å². The molecule has 0 saturated carbocycles. The fraction of sp³-hybridized carbons (Fsp3) is 0.474. The topological polar surface area (TPSA) is 116 Å². The third kappa shape index (κ3) is 5.23. The van der Waals surface area contributed by atoms with Gasteiger partial charge in [0.2, 0.25) is 0 Å². The highest BCUT2D eigenvalue weighted by Crippen LogP contribution is 2.21. The molecular formula is C19H27N7O3. The van der Waals surface area contributed by atoms with Gasteiger partial charge in [-0.1, -0.05) is 5.16 Å². The van der Waals surface area contributed by atoms with E-state index in [1.807, 2.05) is 19.9 Å². The fourth-order valence-electron chi connectivity index (χ4n) is 3.28. The third-order valence-corrected chi connectivity index (χ3v) is 4.75. The van der Waals surface area contributed by atoms with Crippen LogP contribution < -0.4 is 20.9 Å². The van der Waals surface area contributed by atoms with Gasteiger partial charge in [-0.3, -0.25) is 15.0 Å². The summed E-state index contributed by atoms with van der Waals surface area (Å²) in [5.74, 6) is 0.929. The van der Waals surface area contributed by atoms with Gasteiger partial charge in [0.25, 0.3) is 5.91 Å². The molecule has 0 spiro atoms. The molecule has 29 heavy (non-hydrogen) atoms. The molecule has 1 saturated heterocycles. The molecule has 156 valence electrons. The molecular weight excluding hydrogens is 374 g/mol. The zero-order valence-electron chi connectivity index (χ0n) is 17.0. The summed E-state index contributed by atoms with van der Waals surface area (Å²) in [6.45, 7) is 8.36. The fourth-order valence-corrected chi connectivity index (χ4v) is 3.28. The summed E-state index contributed by atoms with van der Waals surface area (Å²) >= 11 is 0. The van der Waals surface area contributed by atoms with E-state index in [2.05, 4.69) is 35.9 Å². The van der Waals surface area contributed by atoms with Gasteiger partial charge in [0.1, 0.15) is 5.69 Å². The number of nitrogens with zero attached hydrogens (tertiary/aromatic N) is 4. The standard InChI is InChI=1S/C19H27N7O3/c1-4-21-19(28)23-17-11-14(29-24-17)12-25-7-9-26(10-8-25)16-6-5-15(18(27)20-3)22-13(16)2/h5-6,11H,4,7-10,12H2,1-3H3,(H,20,27)(H2,21,23,24,28). The number of carbonyl (C=O) groups excluding carboxylic acids is 2. The Kier molecular flexibility index (Phi) is 6.65. The number of amides is 3. The summed E-state index contributed by atoms with van der Waals surface area (Å²) in [5, 5.41) is 11.8. The van der Waals surface area contributed by atoms with Crippen molar-refractivity contribution < 1.29 is 14.1 Å². The number of aryl methyl sites for hydroxylation is 1. The second-order valence-electron chi connectivity index (χ2n) is 6.81. The highest BCUT2D eigenvalue weighted by atomic mass is 16.5. The summed E-state index contributed by atoms with van der Waals surface area (Å²) in [5.41, 5.74) is 2.32. The van der Waals surface area contributed by atoms with E-state index in [0.29, 0.717) is 30.4 Å². The highest BCUT2D eigenvalue weighted by molar-refractivity contribution is 5.92. The maximum atomic E-state index is 11.7. The van der Waals surface area contributed by atoms with Crippen molar-refractivity contribution in [3.05, 3.63) is 35.3 Å². The molecule has 0 aromatic carbocycles. The van der Waals surface area contributed by atoms with Crippen molar-refractivity contribution >= 4 is 23.4 Å². The molecule has 2 aromatic heterocycles. The number of carbonyl (C=O) groups is 2. The Morgan fingerprint density at radius 2 is 1.97 bits per heavy atom. The summed E-state index contributed by atoms with van der Waals surface area (Å²) in [4.78, 5) is 32.2. The predicted octanol–water partition coefficient (Wildman–Crippen LogP) is 1.20. The van der Waals surface area contributed by atoms with Gasteiger partial charge >= 0.3 is 6.03 Å². The Hall–Kier alpha value is -3.14. The molecule has 3 N–H and O–H groups in total. The molecule has 0 bridgehead atoms. The van der Waals surface area contributed by atoms with Crippen molar-refractivity contribution in [2.24, 2.45) is 0 Å². The van der Waals surface area contributed by atoms with E-state index >= 15 is 0 Å². The Morgan fingerprint density at radius 1 is 1.21 bits per heavy atom. The molecule has 2 aromatic rings. The van der Waals surface area contributed by atoms with Gasteiger partial charge in [-0.05, 0) is 26.0 Å². The van der Waals surface area contributed by atoms with Crippen molar-refractivity contribution in [1.82, 2.24) is 25.7 Å². The molecule has 0 unspecified atom stereocenters. The zero-order chi connectivity index (χ0) is 20.8. The summed E-state index contributed by atoms with van der Waals surface area (Å²) in [6, 6.07) is 5.16. The summed E-state index contributed by atoms with van der Waals surface area (Å²) < 4.78 is 5.33. The van der Waals surface area contributed by atoms with Crippen LogP contribution in [0, 0.1) is 6.92 Å². The van der Waals surface area contributed by atoms with Crippen LogP contribution in [0.4, 0.5) is 16.3 Å². The van der Waals surface area contributed by atoms with Crippen molar-refractivity contribution in [2.75, 3.05) is 50.0 Å². The number of aromatic nitrogens is 2. The number of hydrogen-bond donors (Lipinski definition) is 3. The minimum Gasteiger partial charge on any atom is -0.368 e. The first-order valence-corrected chi connectivity index (χ1v) is 9.67. The van der Waals surface area contributed by atoms with Crippen molar-refractivity contribution in [2.45, 2.75) is 20.4 Å². The largest absolute Gasteiger partial charge is 0.368 e. The smallest absolute Gasteiger partial charge is 0.320 e. The molecule has 1 aliphatic heterocycles. The molecule has 10 heteroatoms. The monoisotopic (exact) mass is 401 g/mol. The molecule has 0 radical (unpaired) electrons. The number of hydrogen-bond acceptors (Lipinski definition) is 7. The lowest BCUT2D eigenvalue weighted by Gasteiger charge is -2.36. The van der Waals surface area contributed by atoms with E-state index in [4.69, 9.17) is 4.52 Å². The number of anilines is 2. The Labute approximate surface area is 169 Å². The number of rotatable bonds is 6. The third-order valence-electron chi connectivity index (χ3n) is 4.75. The summed E-state index contributed by atoms with van der Waals surface area (Å²) in [7, 11) is 1.60. The van der Waals surface area contributed by atoms with Crippen LogP contribution in [-0.4, -0.2) is 66.8 Å². The van der Waals surface area contributed by atoms with E-state index in [1.54, 1.807) is 19.2 Å². The average Bonchev–Trinajstić information content (AvgIpc) is 3.14. The quantitative estimate of drug-likeness (QED) is 0.666. The van der Waals surface area contributed by atoms with E-state index in [1.165, 1.54) is 0 Å². The van der Waals surface area contributed by atoms with E-state index in [-0.39, 0.29) is 11.9 Å². The van der Waals surface area contributed by atoms with Crippen LogP contribution in [0.25, 0.3) is 0 Å². The SMILES string of the molecule is CCNC(=O)Nc1cc(CN2CCN(c3ccc(C(=O)NC)nc3C)CC2)on1. The minimum atomic E-state index is -0.299. The molecule has 1 aliphatic rings. The Morgan fingerprint density at radius 3 is 2.62 bits per heavy atom. The Balaban J connectivity index is 1.53. The van der Waals surface area contributed by atoms with E-state index in [0.717, 1.165) is 37.6 Å². The molecule has 0 atom stereocenters. The normalized spacial score (nSPS) is 14.5. The Bertz CT molecular complexity index is 859. The maximum Gasteiger partial charge on any atom is 0.320 e. The van der Waals surface area contributed by atoms with Gasteiger partial charge in [0.05, 0.1) is 17.9 Å². The second-order valence-corrected chi connectivity index (χ2v) is 6.81. The van der Waals surface area contributed by atoms with Gasteiger partial charge in [-0.25, -0.2) is 9.78 Å². The number of piperazine rings is 1. The molecule has 3 heterocycles. The van der Waals surface area contributed by atoms with Gasteiger partial charge in [0, 0.05) is 45.8 Å². The molecule has 0 aliphatic carbocycles. The first-order chi connectivity index (χ1) is 14.0. The van der Waals surface area contributed by atoms with Crippen LogP contribution >= 0.6 is 0 Å². The lowest BCUT2D eigenvalue weighted by molar-refractivity contribution is 0.0958. The van der Waals surface area contributed by atoms with Crippen LogP contribution in [0.3, 0.4) is 0 Å². The van der Waals surface area contributed by atoms with Gasteiger partial charge in [0.15, 0.2) is 11.6 Å². The summed E-state index contributed by atoms with van der Waals surface area (Å²) in [6.07, 6.45) is 0. The molecule has 3 rings (SSSR count). The average molecular weight is 401 g/mol. The predicted molar refractivity (Wildman–Crippen MR) is 109 cm³/mol. The van der Waals surface area contributed by atoms with Gasteiger partial charge in [-0.15, -0.1) is 0 Å². The number of nitrogens with one attached hydrogen (secondary N) is 3. The zero-order valence-corrected chi connectivity index (χ0v) is 17.0. The van der Waals surface area contributed by atoms with Crippen LogP contribution in [0.5, 0.6) is 0 Å². The van der Waals surface area contributed by atoms with Crippen LogP contribution in [0.2, 0.25) is 0 Å². The van der Waals surface area contributed by atoms with Crippen LogP contribution in [-0.2, 0) is 6.54 Å². The highest BCUT2D eigenvalue weighted by Gasteiger charge is 2.21. The lowest BCUT2D eigenvalue weighted by Crippen LogP contribution is -2.46. The minimum absolute atomic E-state index is 0.183. The van der Waals surface area contributed by atoms with E-state index in [9.17, 15) is 9.59 Å². The van der Waals surface area contributed by atoms with Crippen molar-refractivity contribution in [3.8, 4) is 0 Å². The molecule has 3 amide bonds. The van der Waals surface area contributed by atoms with Crippen LogP contribution in [0.15, 0.2) is 22.7 Å². The first-order valence-electron chi connectivity index (χ1n) is 9.67. The van der Waals surface area contributed by atoms with Gasteiger partial charge < -0.3 is 20.1 Å². The molecule has 10 nitrogen and oxygen atoms in total. The van der Waals surface area contributed by atoms with Crippen LogP contribution in [0.1, 0.15) is 28.9 Å². The first kappa shape index (κ1) is 20.6. The van der Waals surface area contributed by atoms with Gasteiger partial charge in [-0.2, -0.15) is 0 Å². The maximum absolute atomic E-state index is 11.7. The second kappa shape index (κ2) is 9.37. The molecule has 1 fully saturated rings. The van der Waals surface area contributed by atoms with Crippen molar-refractivity contribution in [1.29, 1.82) is 0 Å². The number of urea groups is 1. The lowest BCUT2D eigenvalue weighted by atomic mass is 10.2. The van der Waals surface area contributed by atoms with Crippen molar-refractivity contribution in [3.63, 3.8) is 0 Å².